The van der Waals surface area contributed by atoms with Gasteiger partial charge in [-0.05, 0) is 35.9 Å². The van der Waals surface area contributed by atoms with E-state index in [0.717, 1.165) is 5.56 Å². The van der Waals surface area contributed by atoms with Crippen LogP contribution < -0.4 is 4.74 Å². The van der Waals surface area contributed by atoms with Crippen LogP contribution in [0.1, 0.15) is 11.1 Å². The third kappa shape index (κ3) is 3.52. The van der Waals surface area contributed by atoms with Gasteiger partial charge in [-0.15, -0.1) is 0 Å². The number of hydrogen-bond acceptors (Lipinski definition) is 3. The van der Waals surface area contributed by atoms with Gasteiger partial charge in [0.05, 0.1) is 0 Å². The van der Waals surface area contributed by atoms with Gasteiger partial charge in [-0.25, -0.2) is 0 Å². The Balaban J connectivity index is 1.91. The molecule has 3 aromatic rings. The summed E-state index contributed by atoms with van der Waals surface area (Å²) >= 11 is 5.88. The lowest BCUT2D eigenvalue weighted by Gasteiger charge is -2.29. The molecule has 0 aliphatic heterocycles. The molecular weight excluding hydrogens is 310 g/mol. The maximum Gasteiger partial charge on any atom is 0.150 e. The highest BCUT2D eigenvalue weighted by atomic mass is 35.5. The van der Waals surface area contributed by atoms with Crippen molar-refractivity contribution >= 4 is 11.6 Å². The highest BCUT2D eigenvalue weighted by Crippen LogP contribution is 2.30. The fourth-order valence-electron chi connectivity index (χ4n) is 2.37. The lowest BCUT2D eigenvalue weighted by Crippen LogP contribution is -2.34. The predicted octanol–water partition coefficient (Wildman–Crippen LogP) is 4.05. The molecule has 0 saturated carbocycles. The molecule has 0 fully saturated rings. The Morgan fingerprint density at radius 3 is 2.26 bits per heavy atom. The smallest absolute Gasteiger partial charge is 0.150 e. The van der Waals surface area contributed by atoms with E-state index in [9.17, 15) is 5.11 Å². The molecule has 0 spiro atoms. The van der Waals surface area contributed by atoms with Crippen LogP contribution in [0, 0.1) is 0 Å². The van der Waals surface area contributed by atoms with E-state index in [0.29, 0.717) is 16.3 Å². The predicted molar refractivity (Wildman–Crippen MR) is 90.6 cm³/mol. The number of hydrogen-bond donors (Lipinski definition) is 1. The third-order valence-electron chi connectivity index (χ3n) is 3.65. The third-order valence-corrected chi connectivity index (χ3v) is 3.90. The van der Waals surface area contributed by atoms with Crippen molar-refractivity contribution in [2.24, 2.45) is 0 Å². The molecule has 1 heterocycles. The molecule has 3 rings (SSSR count). The van der Waals surface area contributed by atoms with E-state index in [-0.39, 0.29) is 6.61 Å². The summed E-state index contributed by atoms with van der Waals surface area (Å²) in [6, 6.07) is 20.1. The van der Waals surface area contributed by atoms with Crippen molar-refractivity contribution in [1.82, 2.24) is 4.98 Å². The van der Waals surface area contributed by atoms with Crippen LogP contribution >= 0.6 is 11.6 Å². The lowest BCUT2D eigenvalue weighted by atomic mass is 9.88. The van der Waals surface area contributed by atoms with Crippen molar-refractivity contribution in [2.45, 2.75) is 5.60 Å². The molecule has 0 saturated heterocycles. The number of aliphatic hydroxyl groups is 1. The number of rotatable bonds is 5. The van der Waals surface area contributed by atoms with Crippen LogP contribution in [0.5, 0.6) is 5.75 Å². The largest absolute Gasteiger partial charge is 0.490 e. The Bertz CT molecular complexity index is 706. The van der Waals surface area contributed by atoms with E-state index in [1.165, 1.54) is 0 Å². The van der Waals surface area contributed by atoms with Gasteiger partial charge in [0.25, 0.3) is 0 Å². The van der Waals surface area contributed by atoms with E-state index in [1.807, 2.05) is 36.4 Å². The molecule has 0 aliphatic carbocycles. The van der Waals surface area contributed by atoms with Crippen LogP contribution in [0.4, 0.5) is 0 Å². The van der Waals surface area contributed by atoms with Gasteiger partial charge in [-0.2, -0.15) is 0 Å². The Morgan fingerprint density at radius 1 is 0.913 bits per heavy atom. The highest BCUT2D eigenvalue weighted by Gasteiger charge is 2.32. The average Bonchev–Trinajstić information content (AvgIpc) is 2.62. The second kappa shape index (κ2) is 6.82. The SMILES string of the molecule is OC(COc1ccc(Cl)cc1)(c1ccccc1)c1cccnc1. The van der Waals surface area contributed by atoms with Crippen LogP contribution in [0.15, 0.2) is 79.1 Å². The summed E-state index contributed by atoms with van der Waals surface area (Å²) in [5, 5.41) is 11.9. The zero-order chi connectivity index (χ0) is 16.1. The molecule has 3 nitrogen and oxygen atoms in total. The zero-order valence-electron chi connectivity index (χ0n) is 12.4. The summed E-state index contributed by atoms with van der Waals surface area (Å²) < 4.78 is 5.80. The van der Waals surface area contributed by atoms with Gasteiger partial charge < -0.3 is 9.84 Å². The molecular formula is C19H16ClNO2. The van der Waals surface area contributed by atoms with Crippen molar-refractivity contribution in [1.29, 1.82) is 0 Å². The van der Waals surface area contributed by atoms with Gasteiger partial charge in [-0.1, -0.05) is 48.0 Å². The molecule has 0 amide bonds. The summed E-state index contributed by atoms with van der Waals surface area (Å²) in [6.07, 6.45) is 3.33. The quantitative estimate of drug-likeness (QED) is 0.769. The fourth-order valence-corrected chi connectivity index (χ4v) is 2.50. The number of aromatic nitrogens is 1. The van der Waals surface area contributed by atoms with Gasteiger partial charge in [-0.3, -0.25) is 4.98 Å². The normalized spacial score (nSPS) is 13.3. The van der Waals surface area contributed by atoms with Crippen molar-refractivity contribution in [3.8, 4) is 5.75 Å². The van der Waals surface area contributed by atoms with Crippen LogP contribution in [0.2, 0.25) is 5.02 Å². The first-order valence-electron chi connectivity index (χ1n) is 7.25. The minimum atomic E-state index is -1.28. The molecule has 1 unspecified atom stereocenters. The Hall–Kier alpha value is -2.36. The Kier molecular flexibility index (Phi) is 4.60. The topological polar surface area (TPSA) is 42.4 Å². The molecule has 1 N–H and O–H groups in total. The molecule has 2 aromatic carbocycles. The first-order valence-corrected chi connectivity index (χ1v) is 7.63. The summed E-state index contributed by atoms with van der Waals surface area (Å²) in [4.78, 5) is 4.11. The number of ether oxygens (including phenoxy) is 1. The van der Waals surface area contributed by atoms with Crippen molar-refractivity contribution in [2.75, 3.05) is 6.61 Å². The van der Waals surface area contributed by atoms with Crippen molar-refractivity contribution in [3.63, 3.8) is 0 Å². The van der Waals surface area contributed by atoms with E-state index in [4.69, 9.17) is 16.3 Å². The summed E-state index contributed by atoms with van der Waals surface area (Å²) in [6.45, 7) is 0.0737. The maximum atomic E-state index is 11.3. The van der Waals surface area contributed by atoms with Crippen LogP contribution in [-0.2, 0) is 5.60 Å². The van der Waals surface area contributed by atoms with Crippen LogP contribution in [-0.4, -0.2) is 16.7 Å². The number of benzene rings is 2. The number of pyridine rings is 1. The first-order chi connectivity index (χ1) is 11.2. The van der Waals surface area contributed by atoms with Gasteiger partial charge in [0.15, 0.2) is 0 Å². The first kappa shape index (κ1) is 15.5. The Labute approximate surface area is 140 Å². The summed E-state index contributed by atoms with van der Waals surface area (Å²) in [5.74, 6) is 0.646. The Morgan fingerprint density at radius 2 is 1.61 bits per heavy atom. The van der Waals surface area contributed by atoms with E-state index >= 15 is 0 Å². The summed E-state index contributed by atoms with van der Waals surface area (Å²) in [5.41, 5.74) is 0.150. The molecule has 0 aliphatic rings. The van der Waals surface area contributed by atoms with E-state index < -0.39 is 5.60 Å². The lowest BCUT2D eigenvalue weighted by molar-refractivity contribution is 0.0273. The molecule has 1 atom stereocenters. The molecule has 116 valence electrons. The minimum Gasteiger partial charge on any atom is -0.490 e. The van der Waals surface area contributed by atoms with E-state index in [2.05, 4.69) is 4.98 Å². The average molecular weight is 326 g/mol. The van der Waals surface area contributed by atoms with Crippen LogP contribution in [0.25, 0.3) is 0 Å². The molecule has 1 aromatic heterocycles. The number of nitrogens with zero attached hydrogens (tertiary/aromatic N) is 1. The molecule has 23 heavy (non-hydrogen) atoms. The van der Waals surface area contributed by atoms with Gasteiger partial charge in [0.1, 0.15) is 18.0 Å². The van der Waals surface area contributed by atoms with Gasteiger partial charge >= 0.3 is 0 Å². The van der Waals surface area contributed by atoms with Crippen molar-refractivity contribution < 1.29 is 9.84 Å². The second-order valence-electron chi connectivity index (χ2n) is 5.21. The number of halogens is 1. The second-order valence-corrected chi connectivity index (χ2v) is 5.65. The zero-order valence-corrected chi connectivity index (χ0v) is 13.1. The molecule has 4 heteroatoms. The maximum absolute atomic E-state index is 11.3. The van der Waals surface area contributed by atoms with Gasteiger partial charge in [0.2, 0.25) is 0 Å². The standard InChI is InChI=1S/C19H16ClNO2/c20-17-8-10-18(11-9-17)23-14-19(22,15-5-2-1-3-6-15)16-7-4-12-21-13-16/h1-13,22H,14H2. The molecule has 0 bridgehead atoms. The molecule has 0 radical (unpaired) electrons. The van der Waals surface area contributed by atoms with E-state index in [1.54, 1.807) is 42.7 Å². The minimum absolute atomic E-state index is 0.0737. The van der Waals surface area contributed by atoms with Crippen LogP contribution in [0.3, 0.4) is 0 Å². The van der Waals surface area contributed by atoms with Gasteiger partial charge in [0, 0.05) is 23.0 Å². The fraction of sp³-hybridized carbons (Fsp3) is 0.105. The summed E-state index contributed by atoms with van der Waals surface area (Å²) in [7, 11) is 0. The highest BCUT2D eigenvalue weighted by molar-refractivity contribution is 6.30. The van der Waals surface area contributed by atoms with Crippen molar-refractivity contribution in [3.05, 3.63) is 95.3 Å². The monoisotopic (exact) mass is 325 g/mol.